The number of hydrogen-bond donors (Lipinski definition) is 0. The van der Waals surface area contributed by atoms with E-state index in [4.69, 9.17) is 0 Å². The molecule has 1 aromatic carbocycles. The van der Waals surface area contributed by atoms with Crippen molar-refractivity contribution in [3.8, 4) is 0 Å². The van der Waals surface area contributed by atoms with Crippen LogP contribution in [0.1, 0.15) is 24.2 Å². The summed E-state index contributed by atoms with van der Waals surface area (Å²) in [6.45, 7) is 6.63. The fourth-order valence-electron chi connectivity index (χ4n) is 2.75. The van der Waals surface area contributed by atoms with Gasteiger partial charge in [-0.25, -0.2) is 4.68 Å². The van der Waals surface area contributed by atoms with E-state index in [0.717, 1.165) is 17.6 Å². The van der Waals surface area contributed by atoms with Crippen LogP contribution >= 0.6 is 0 Å². The summed E-state index contributed by atoms with van der Waals surface area (Å²) in [7, 11) is 0. The van der Waals surface area contributed by atoms with Crippen molar-refractivity contribution in [2.75, 3.05) is 26.2 Å². The minimum Gasteiger partial charge on any atom is -0.339 e. The van der Waals surface area contributed by atoms with E-state index in [9.17, 15) is 9.59 Å². The highest BCUT2D eigenvalue weighted by atomic mass is 16.2. The Morgan fingerprint density at radius 1 is 1.14 bits per heavy atom. The predicted molar refractivity (Wildman–Crippen MR) is 81.4 cm³/mol. The molecule has 1 aliphatic rings. The van der Waals surface area contributed by atoms with Crippen LogP contribution in [0.5, 0.6) is 0 Å². The average molecular weight is 301 g/mol. The zero-order valence-electron chi connectivity index (χ0n) is 12.8. The Morgan fingerprint density at radius 2 is 1.82 bits per heavy atom. The Kier molecular flexibility index (Phi) is 3.79. The number of rotatable bonds is 2. The standard InChI is InChI=1S/C15H19N5O2/c1-3-20-14-5-4-12(10-13(14)16-17-20)15(22)19-8-6-18(7-9-19)11(2)21/h4-5,10H,3,6-9H2,1-2H3. The molecule has 116 valence electrons. The molecule has 7 heteroatoms. The molecule has 22 heavy (non-hydrogen) atoms. The van der Waals surface area contributed by atoms with Gasteiger partial charge < -0.3 is 9.80 Å². The van der Waals surface area contributed by atoms with E-state index in [1.807, 2.05) is 19.1 Å². The van der Waals surface area contributed by atoms with Crippen molar-refractivity contribution in [3.63, 3.8) is 0 Å². The summed E-state index contributed by atoms with van der Waals surface area (Å²) in [6, 6.07) is 5.49. The highest BCUT2D eigenvalue weighted by Gasteiger charge is 2.23. The normalized spacial score (nSPS) is 15.4. The van der Waals surface area contributed by atoms with Crippen LogP contribution in [-0.2, 0) is 11.3 Å². The van der Waals surface area contributed by atoms with Crippen LogP contribution in [0.3, 0.4) is 0 Å². The fraction of sp³-hybridized carbons (Fsp3) is 0.467. The van der Waals surface area contributed by atoms with Gasteiger partial charge in [-0.2, -0.15) is 0 Å². The molecule has 0 bridgehead atoms. The van der Waals surface area contributed by atoms with Crippen molar-refractivity contribution < 1.29 is 9.59 Å². The van der Waals surface area contributed by atoms with Crippen molar-refractivity contribution in [3.05, 3.63) is 23.8 Å². The number of aryl methyl sites for hydroxylation is 1. The van der Waals surface area contributed by atoms with Crippen LogP contribution in [0.4, 0.5) is 0 Å². The zero-order chi connectivity index (χ0) is 15.7. The lowest BCUT2D eigenvalue weighted by atomic mass is 10.1. The molecule has 2 heterocycles. The van der Waals surface area contributed by atoms with Crippen LogP contribution < -0.4 is 0 Å². The summed E-state index contributed by atoms with van der Waals surface area (Å²) >= 11 is 0. The molecule has 0 spiro atoms. The number of amides is 2. The maximum atomic E-state index is 12.6. The van der Waals surface area contributed by atoms with Gasteiger partial charge in [-0.05, 0) is 25.1 Å². The van der Waals surface area contributed by atoms with Crippen LogP contribution in [0.25, 0.3) is 11.0 Å². The molecule has 0 aliphatic carbocycles. The number of piperazine rings is 1. The third-order valence-corrected chi connectivity index (χ3v) is 4.07. The summed E-state index contributed by atoms with van der Waals surface area (Å²) in [5.41, 5.74) is 2.28. The molecule has 0 saturated carbocycles. The first-order valence-electron chi connectivity index (χ1n) is 7.48. The van der Waals surface area contributed by atoms with Crippen LogP contribution in [0.2, 0.25) is 0 Å². The first-order valence-corrected chi connectivity index (χ1v) is 7.48. The van der Waals surface area contributed by atoms with Gasteiger partial charge in [0.2, 0.25) is 5.91 Å². The number of hydrogen-bond acceptors (Lipinski definition) is 4. The second-order valence-corrected chi connectivity index (χ2v) is 5.41. The second-order valence-electron chi connectivity index (χ2n) is 5.41. The molecule has 1 aromatic heterocycles. The summed E-state index contributed by atoms with van der Waals surface area (Å²) in [4.78, 5) is 27.4. The number of nitrogens with zero attached hydrogens (tertiary/aromatic N) is 5. The highest BCUT2D eigenvalue weighted by Crippen LogP contribution is 2.16. The van der Waals surface area contributed by atoms with E-state index in [2.05, 4.69) is 10.3 Å². The zero-order valence-corrected chi connectivity index (χ0v) is 12.8. The van der Waals surface area contributed by atoms with Crippen molar-refractivity contribution in [2.24, 2.45) is 0 Å². The smallest absolute Gasteiger partial charge is 0.254 e. The highest BCUT2D eigenvalue weighted by molar-refractivity contribution is 5.97. The molecule has 0 atom stereocenters. The minimum absolute atomic E-state index is 0.0175. The maximum absolute atomic E-state index is 12.6. The first kappa shape index (κ1) is 14.5. The molecule has 2 amide bonds. The fourth-order valence-corrected chi connectivity index (χ4v) is 2.75. The van der Waals surface area contributed by atoms with Gasteiger partial charge in [0.25, 0.3) is 5.91 Å². The van der Waals surface area contributed by atoms with E-state index < -0.39 is 0 Å². The van der Waals surface area contributed by atoms with Gasteiger partial charge in [-0.15, -0.1) is 5.10 Å². The van der Waals surface area contributed by atoms with Crippen molar-refractivity contribution >= 4 is 22.8 Å². The lowest BCUT2D eigenvalue weighted by Gasteiger charge is -2.34. The molecule has 1 saturated heterocycles. The first-order chi connectivity index (χ1) is 10.6. The maximum Gasteiger partial charge on any atom is 0.254 e. The van der Waals surface area contributed by atoms with Crippen LogP contribution in [-0.4, -0.2) is 62.8 Å². The molecule has 0 unspecified atom stereocenters. The van der Waals surface area contributed by atoms with Gasteiger partial charge in [-0.3, -0.25) is 9.59 Å². The predicted octanol–water partition coefficient (Wildman–Crippen LogP) is 0.755. The monoisotopic (exact) mass is 301 g/mol. The van der Waals surface area contributed by atoms with Gasteiger partial charge in [0, 0.05) is 45.2 Å². The molecule has 2 aromatic rings. The third kappa shape index (κ3) is 2.54. The third-order valence-electron chi connectivity index (χ3n) is 4.07. The van der Waals surface area contributed by atoms with E-state index in [1.54, 1.807) is 27.5 Å². The SMILES string of the molecule is CCn1nnc2cc(C(=O)N3CCN(C(C)=O)CC3)ccc21. The quantitative estimate of drug-likeness (QED) is 0.821. The molecule has 7 nitrogen and oxygen atoms in total. The Balaban J connectivity index is 1.77. The average Bonchev–Trinajstić information content (AvgIpc) is 2.96. The second kappa shape index (κ2) is 5.75. The molecule has 1 aliphatic heterocycles. The number of carbonyl (C=O) groups excluding carboxylic acids is 2. The Bertz CT molecular complexity index is 716. The Hall–Kier alpha value is -2.44. The van der Waals surface area contributed by atoms with Crippen molar-refractivity contribution in [2.45, 2.75) is 20.4 Å². The topological polar surface area (TPSA) is 71.3 Å². The van der Waals surface area contributed by atoms with E-state index in [0.29, 0.717) is 31.7 Å². The van der Waals surface area contributed by atoms with Gasteiger partial charge in [0.1, 0.15) is 5.52 Å². The number of aromatic nitrogens is 3. The summed E-state index contributed by atoms with van der Waals surface area (Å²) in [5, 5.41) is 8.16. The van der Waals surface area contributed by atoms with E-state index >= 15 is 0 Å². The van der Waals surface area contributed by atoms with Crippen LogP contribution in [0, 0.1) is 0 Å². The summed E-state index contributed by atoms with van der Waals surface area (Å²) in [5.74, 6) is 0.0425. The van der Waals surface area contributed by atoms with Crippen LogP contribution in [0.15, 0.2) is 18.2 Å². The Labute approximate surface area is 128 Å². The van der Waals surface area contributed by atoms with Gasteiger partial charge in [0.15, 0.2) is 0 Å². The molecule has 0 N–H and O–H groups in total. The summed E-state index contributed by atoms with van der Waals surface area (Å²) in [6.07, 6.45) is 0. The number of fused-ring (bicyclic) bond motifs is 1. The molecular formula is C15H19N5O2. The van der Waals surface area contributed by atoms with Crippen molar-refractivity contribution in [1.82, 2.24) is 24.8 Å². The largest absolute Gasteiger partial charge is 0.339 e. The number of benzene rings is 1. The molecule has 3 rings (SSSR count). The molecule has 1 fully saturated rings. The molecular weight excluding hydrogens is 282 g/mol. The Morgan fingerprint density at radius 3 is 2.45 bits per heavy atom. The lowest BCUT2D eigenvalue weighted by molar-refractivity contribution is -0.130. The van der Waals surface area contributed by atoms with E-state index in [1.165, 1.54) is 0 Å². The molecule has 0 radical (unpaired) electrons. The minimum atomic E-state index is -0.0175. The van der Waals surface area contributed by atoms with Gasteiger partial charge in [-0.1, -0.05) is 5.21 Å². The van der Waals surface area contributed by atoms with Gasteiger partial charge >= 0.3 is 0 Å². The lowest BCUT2D eigenvalue weighted by Crippen LogP contribution is -2.50. The van der Waals surface area contributed by atoms with E-state index in [-0.39, 0.29) is 11.8 Å². The van der Waals surface area contributed by atoms with Gasteiger partial charge in [0.05, 0.1) is 5.52 Å². The number of carbonyl (C=O) groups is 2. The van der Waals surface area contributed by atoms with Crippen molar-refractivity contribution in [1.29, 1.82) is 0 Å². The summed E-state index contributed by atoms with van der Waals surface area (Å²) < 4.78 is 1.80.